The van der Waals surface area contributed by atoms with Gasteiger partial charge in [-0.15, -0.1) is 0 Å². The number of rotatable bonds is 3. The quantitative estimate of drug-likeness (QED) is 0.875. The molecule has 2 fully saturated rings. The first-order chi connectivity index (χ1) is 11.4. The Kier molecular flexibility index (Phi) is 5.03. The van der Waals surface area contributed by atoms with Crippen LogP contribution in [0.4, 0.5) is 5.82 Å². The van der Waals surface area contributed by atoms with E-state index < -0.39 is 9.84 Å². The van der Waals surface area contributed by atoms with Gasteiger partial charge < -0.3 is 10.2 Å². The first kappa shape index (κ1) is 17.1. The smallest absolute Gasteiger partial charge is 0.270 e. The molecule has 0 aromatic carbocycles. The first-order valence-corrected chi connectivity index (χ1v) is 10.4. The fourth-order valence-electron chi connectivity index (χ4n) is 3.30. The fraction of sp³-hybridized carbons (Fsp3) is 0.688. The largest absolute Gasteiger partial charge is 0.356 e. The highest BCUT2D eigenvalue weighted by molar-refractivity contribution is 7.91. The Morgan fingerprint density at radius 2 is 1.92 bits per heavy atom. The third-order valence-corrected chi connectivity index (χ3v) is 6.32. The van der Waals surface area contributed by atoms with Gasteiger partial charge in [-0.3, -0.25) is 4.79 Å². The molecular weight excluding hydrogens is 328 g/mol. The average molecular weight is 352 g/mol. The maximum Gasteiger partial charge on any atom is 0.270 e. The molecule has 2 aliphatic rings. The Balaban J connectivity index is 1.74. The summed E-state index contributed by atoms with van der Waals surface area (Å²) in [4.78, 5) is 23.4. The van der Waals surface area contributed by atoms with E-state index in [1.807, 2.05) is 0 Å². The maximum absolute atomic E-state index is 12.5. The van der Waals surface area contributed by atoms with Gasteiger partial charge in [-0.05, 0) is 26.2 Å². The van der Waals surface area contributed by atoms with Gasteiger partial charge in [0.2, 0.25) is 0 Å². The molecule has 0 aliphatic carbocycles. The zero-order valence-electron chi connectivity index (χ0n) is 14.0. The van der Waals surface area contributed by atoms with Crippen LogP contribution in [0.15, 0.2) is 6.07 Å². The molecule has 7 nitrogen and oxygen atoms in total. The summed E-state index contributed by atoms with van der Waals surface area (Å²) < 4.78 is 23.0. The minimum Gasteiger partial charge on any atom is -0.356 e. The van der Waals surface area contributed by atoms with Gasteiger partial charge in [0, 0.05) is 25.2 Å². The van der Waals surface area contributed by atoms with Crippen molar-refractivity contribution in [2.24, 2.45) is 0 Å². The fourth-order valence-corrected chi connectivity index (χ4v) is 4.97. The highest BCUT2D eigenvalue weighted by Gasteiger charge is 2.29. The van der Waals surface area contributed by atoms with Crippen molar-refractivity contribution in [3.05, 3.63) is 17.6 Å². The molecule has 0 radical (unpaired) electrons. The normalized spacial score (nSPS) is 23.7. The Labute approximate surface area is 142 Å². The lowest BCUT2D eigenvalue weighted by molar-refractivity contribution is 0.0935. The second-order valence-electron chi connectivity index (χ2n) is 6.63. The number of anilines is 1. The molecule has 1 aromatic rings. The summed E-state index contributed by atoms with van der Waals surface area (Å²) in [7, 11) is -3.02. The van der Waals surface area contributed by atoms with Crippen LogP contribution in [-0.4, -0.2) is 54.9 Å². The van der Waals surface area contributed by atoms with Gasteiger partial charge in [0.05, 0.1) is 11.5 Å². The number of nitrogens with one attached hydrogen (secondary N) is 1. The third kappa shape index (κ3) is 4.23. The Bertz CT molecular complexity index is 712. The van der Waals surface area contributed by atoms with Gasteiger partial charge in [0.15, 0.2) is 9.84 Å². The van der Waals surface area contributed by atoms with Gasteiger partial charge in [-0.1, -0.05) is 12.8 Å². The van der Waals surface area contributed by atoms with Crippen molar-refractivity contribution in [3.8, 4) is 0 Å². The van der Waals surface area contributed by atoms with E-state index in [9.17, 15) is 13.2 Å². The van der Waals surface area contributed by atoms with Crippen LogP contribution >= 0.6 is 0 Å². The summed E-state index contributed by atoms with van der Waals surface area (Å²) >= 11 is 0. The molecule has 2 aliphatic heterocycles. The maximum atomic E-state index is 12.5. The molecule has 1 atom stereocenters. The monoisotopic (exact) mass is 352 g/mol. The zero-order valence-corrected chi connectivity index (χ0v) is 14.8. The topological polar surface area (TPSA) is 92.3 Å². The van der Waals surface area contributed by atoms with Gasteiger partial charge in [-0.2, -0.15) is 0 Å². The number of hydrogen-bond acceptors (Lipinski definition) is 6. The molecule has 1 N–H and O–H groups in total. The molecule has 24 heavy (non-hydrogen) atoms. The summed E-state index contributed by atoms with van der Waals surface area (Å²) in [6.45, 7) is 3.66. The van der Waals surface area contributed by atoms with Crippen molar-refractivity contribution >= 4 is 21.6 Å². The molecule has 8 heteroatoms. The van der Waals surface area contributed by atoms with Gasteiger partial charge in [0.25, 0.3) is 5.91 Å². The van der Waals surface area contributed by atoms with E-state index in [0.717, 1.165) is 31.7 Å². The second-order valence-corrected chi connectivity index (χ2v) is 8.86. The molecule has 1 amide bonds. The number of aryl methyl sites for hydroxylation is 1. The SMILES string of the molecule is Cc1nc(C(=O)NC2CCS(=O)(=O)C2)cc(N2CCCCCC2)n1. The molecule has 3 heterocycles. The van der Waals surface area contributed by atoms with E-state index in [0.29, 0.717) is 17.9 Å². The number of carbonyl (C=O) groups excluding carboxylic acids is 1. The van der Waals surface area contributed by atoms with Crippen LogP contribution < -0.4 is 10.2 Å². The van der Waals surface area contributed by atoms with Gasteiger partial charge in [0.1, 0.15) is 17.3 Å². The Hall–Kier alpha value is -1.70. The minimum absolute atomic E-state index is 0.0157. The molecular formula is C16H24N4O3S. The van der Waals surface area contributed by atoms with Gasteiger partial charge >= 0.3 is 0 Å². The summed E-state index contributed by atoms with van der Waals surface area (Å²) in [5, 5.41) is 2.79. The molecule has 2 saturated heterocycles. The van der Waals surface area contributed by atoms with Crippen LogP contribution in [0.2, 0.25) is 0 Å². The number of carbonyl (C=O) groups is 1. The molecule has 132 valence electrons. The van der Waals surface area contributed by atoms with E-state index in [1.165, 1.54) is 12.8 Å². The number of amides is 1. The van der Waals surface area contributed by atoms with Crippen LogP contribution in [0.25, 0.3) is 0 Å². The number of sulfone groups is 1. The van der Waals surface area contributed by atoms with Crippen molar-refractivity contribution in [1.29, 1.82) is 0 Å². The van der Waals surface area contributed by atoms with E-state index in [2.05, 4.69) is 20.2 Å². The lowest BCUT2D eigenvalue weighted by Crippen LogP contribution is -2.36. The Morgan fingerprint density at radius 1 is 1.21 bits per heavy atom. The van der Waals surface area contributed by atoms with Crippen molar-refractivity contribution in [2.75, 3.05) is 29.5 Å². The number of aromatic nitrogens is 2. The highest BCUT2D eigenvalue weighted by Crippen LogP contribution is 2.19. The predicted octanol–water partition coefficient (Wildman–Crippen LogP) is 1.08. The van der Waals surface area contributed by atoms with Crippen LogP contribution in [-0.2, 0) is 9.84 Å². The van der Waals surface area contributed by atoms with E-state index in [1.54, 1.807) is 13.0 Å². The van der Waals surface area contributed by atoms with E-state index in [-0.39, 0.29) is 23.5 Å². The van der Waals surface area contributed by atoms with Crippen LogP contribution in [0, 0.1) is 6.92 Å². The van der Waals surface area contributed by atoms with E-state index in [4.69, 9.17) is 0 Å². The predicted molar refractivity (Wildman–Crippen MR) is 92.0 cm³/mol. The average Bonchev–Trinajstić information content (AvgIpc) is 2.74. The van der Waals surface area contributed by atoms with Crippen molar-refractivity contribution in [1.82, 2.24) is 15.3 Å². The van der Waals surface area contributed by atoms with Crippen LogP contribution in [0.3, 0.4) is 0 Å². The lowest BCUT2D eigenvalue weighted by atomic mass is 10.2. The summed E-state index contributed by atoms with van der Waals surface area (Å²) in [5.74, 6) is 1.18. The van der Waals surface area contributed by atoms with Crippen molar-refractivity contribution in [3.63, 3.8) is 0 Å². The molecule has 1 aromatic heterocycles. The minimum atomic E-state index is -3.02. The summed E-state index contributed by atoms with van der Waals surface area (Å²) in [6, 6.07) is 1.40. The molecule has 3 rings (SSSR count). The lowest BCUT2D eigenvalue weighted by Gasteiger charge is -2.22. The first-order valence-electron chi connectivity index (χ1n) is 8.55. The van der Waals surface area contributed by atoms with Crippen molar-refractivity contribution in [2.45, 2.75) is 45.1 Å². The summed E-state index contributed by atoms with van der Waals surface area (Å²) in [6.07, 6.45) is 5.18. The van der Waals surface area contributed by atoms with Gasteiger partial charge in [-0.25, -0.2) is 18.4 Å². The molecule has 0 bridgehead atoms. The number of nitrogens with zero attached hydrogens (tertiary/aromatic N) is 3. The summed E-state index contributed by atoms with van der Waals surface area (Å²) in [5.41, 5.74) is 0.311. The Morgan fingerprint density at radius 3 is 2.54 bits per heavy atom. The van der Waals surface area contributed by atoms with E-state index >= 15 is 0 Å². The van der Waals surface area contributed by atoms with Crippen molar-refractivity contribution < 1.29 is 13.2 Å². The third-order valence-electron chi connectivity index (χ3n) is 4.55. The van der Waals surface area contributed by atoms with Crippen LogP contribution in [0.1, 0.15) is 48.4 Å². The standard InChI is InChI=1S/C16H24N4O3S/c1-12-17-14(16(21)19-13-6-9-24(22,23)11-13)10-15(18-12)20-7-4-2-3-5-8-20/h10,13H,2-9,11H2,1H3,(H,19,21). The molecule has 1 unspecified atom stereocenters. The highest BCUT2D eigenvalue weighted by atomic mass is 32.2. The zero-order chi connectivity index (χ0) is 17.2. The van der Waals surface area contributed by atoms with Crippen LogP contribution in [0.5, 0.6) is 0 Å². The molecule has 0 spiro atoms. The second kappa shape index (κ2) is 7.04. The number of hydrogen-bond donors (Lipinski definition) is 1. The molecule has 0 saturated carbocycles.